The largest absolute Gasteiger partial charge is 0.524 e. The number of nitrogens with one attached hydrogen (secondary N) is 1. The number of phosphoric ester groups is 1. The second-order valence-corrected chi connectivity index (χ2v) is 10.2. The Balaban J connectivity index is 1.85. The first-order chi connectivity index (χ1) is 14.4. The van der Waals surface area contributed by atoms with Crippen molar-refractivity contribution in [2.45, 2.75) is 39.5 Å². The molecule has 1 aromatic heterocycles. The Labute approximate surface area is 183 Å². The second kappa shape index (κ2) is 8.40. The van der Waals surface area contributed by atoms with Gasteiger partial charge in [-0.2, -0.15) is 5.26 Å². The summed E-state index contributed by atoms with van der Waals surface area (Å²) in [6, 6.07) is 10.7. The molecule has 10 heteroatoms. The molecule has 0 fully saturated rings. The van der Waals surface area contributed by atoms with Gasteiger partial charge in [-0.05, 0) is 49.2 Å². The van der Waals surface area contributed by atoms with E-state index in [1.807, 2.05) is 32.9 Å². The number of carbonyl (C=O) groups is 1. The van der Waals surface area contributed by atoms with E-state index in [0.29, 0.717) is 21.8 Å². The van der Waals surface area contributed by atoms with Gasteiger partial charge in [0.1, 0.15) is 11.8 Å². The lowest BCUT2D eigenvalue weighted by atomic mass is 9.78. The average molecular weight is 459 g/mol. The van der Waals surface area contributed by atoms with Crippen LogP contribution in [0, 0.1) is 25.2 Å². The highest BCUT2D eigenvalue weighted by atomic mass is 32.1. The van der Waals surface area contributed by atoms with Gasteiger partial charge in [-0.15, -0.1) is 11.3 Å². The van der Waals surface area contributed by atoms with E-state index >= 15 is 0 Å². The summed E-state index contributed by atoms with van der Waals surface area (Å²) in [5, 5.41) is 12.2. The minimum Gasteiger partial charge on any atom is -0.404 e. The van der Waals surface area contributed by atoms with Crippen molar-refractivity contribution in [2.75, 3.05) is 5.32 Å². The van der Waals surface area contributed by atoms with E-state index in [2.05, 4.69) is 10.3 Å². The summed E-state index contributed by atoms with van der Waals surface area (Å²) in [6.07, 6.45) is 0.0542. The average Bonchev–Trinajstić information content (AvgIpc) is 3.01. The number of nitriles is 1. The predicted molar refractivity (Wildman–Crippen MR) is 119 cm³/mol. The summed E-state index contributed by atoms with van der Waals surface area (Å²) >= 11 is 1.25. The molecular formula is C21H22N3O5PS. The van der Waals surface area contributed by atoms with Crippen molar-refractivity contribution in [3.63, 3.8) is 0 Å². The van der Waals surface area contributed by atoms with E-state index < -0.39 is 13.2 Å². The molecule has 2 aromatic carbocycles. The molecule has 3 aromatic rings. The van der Waals surface area contributed by atoms with Crippen LogP contribution in [0.1, 0.15) is 42.0 Å². The van der Waals surface area contributed by atoms with E-state index in [9.17, 15) is 19.1 Å². The minimum absolute atomic E-state index is 0.0542. The summed E-state index contributed by atoms with van der Waals surface area (Å²) in [7, 11) is -4.77. The normalized spacial score (nSPS) is 11.9. The Morgan fingerprint density at radius 2 is 2.00 bits per heavy atom. The van der Waals surface area contributed by atoms with E-state index in [-0.39, 0.29) is 18.1 Å². The van der Waals surface area contributed by atoms with Crippen LogP contribution in [0.15, 0.2) is 30.3 Å². The van der Waals surface area contributed by atoms with Gasteiger partial charge in [0.05, 0.1) is 10.2 Å². The van der Waals surface area contributed by atoms with Crippen LogP contribution in [0.5, 0.6) is 5.75 Å². The van der Waals surface area contributed by atoms with Crippen molar-refractivity contribution in [2.24, 2.45) is 0 Å². The Morgan fingerprint density at radius 3 is 2.65 bits per heavy atom. The zero-order valence-corrected chi connectivity index (χ0v) is 19.2. The Hall–Kier alpha value is -2.76. The van der Waals surface area contributed by atoms with Gasteiger partial charge in [0.25, 0.3) is 0 Å². The fraction of sp³-hybridized carbons (Fsp3) is 0.286. The molecule has 0 aliphatic heterocycles. The Morgan fingerprint density at radius 1 is 1.29 bits per heavy atom. The lowest BCUT2D eigenvalue weighted by molar-refractivity contribution is -0.117. The van der Waals surface area contributed by atoms with Crippen LogP contribution < -0.4 is 9.84 Å². The topological polar surface area (TPSA) is 133 Å². The first-order valence-corrected chi connectivity index (χ1v) is 11.7. The number of thiazole rings is 1. The maximum Gasteiger partial charge on any atom is 0.524 e. The first-order valence-electron chi connectivity index (χ1n) is 9.35. The van der Waals surface area contributed by atoms with Crippen molar-refractivity contribution in [3.05, 3.63) is 52.0 Å². The molecule has 1 heterocycles. The molecule has 0 saturated heterocycles. The molecule has 0 bridgehead atoms. The van der Waals surface area contributed by atoms with Gasteiger partial charge in [-0.3, -0.25) is 14.6 Å². The number of anilines is 1. The van der Waals surface area contributed by atoms with Crippen molar-refractivity contribution in [3.8, 4) is 11.8 Å². The molecular weight excluding hydrogens is 437 g/mol. The Bertz CT molecular complexity index is 1260. The highest BCUT2D eigenvalue weighted by Crippen LogP contribution is 2.45. The molecule has 0 aliphatic rings. The number of hydrogen-bond acceptors (Lipinski definition) is 6. The third-order valence-corrected chi connectivity index (χ3v) is 6.07. The number of phosphoric acid groups is 1. The highest BCUT2D eigenvalue weighted by molar-refractivity contribution is 7.46. The third-order valence-electron chi connectivity index (χ3n) is 4.71. The van der Waals surface area contributed by atoms with Crippen LogP contribution in [-0.4, -0.2) is 20.7 Å². The molecule has 0 radical (unpaired) electrons. The van der Waals surface area contributed by atoms with Crippen molar-refractivity contribution in [1.82, 2.24) is 4.98 Å². The van der Waals surface area contributed by atoms with Crippen LogP contribution >= 0.6 is 19.2 Å². The summed E-state index contributed by atoms with van der Waals surface area (Å²) < 4.78 is 17.2. The number of nitrogens with zero attached hydrogens (tertiary/aromatic N) is 2. The van der Waals surface area contributed by atoms with E-state index in [1.54, 1.807) is 31.2 Å². The number of benzene rings is 2. The minimum atomic E-state index is -4.77. The first kappa shape index (κ1) is 22.9. The molecule has 162 valence electrons. The molecule has 3 rings (SSSR count). The summed E-state index contributed by atoms with van der Waals surface area (Å²) in [5.74, 6) is -0.199. The van der Waals surface area contributed by atoms with Crippen molar-refractivity contribution in [1.29, 1.82) is 5.26 Å². The fourth-order valence-corrected chi connectivity index (χ4v) is 4.94. The number of rotatable bonds is 6. The zero-order chi connectivity index (χ0) is 23.0. The molecule has 3 N–H and O–H groups in total. The molecule has 0 atom stereocenters. The standard InChI is InChI=1S/C21H22N3O5PS/c1-12-7-13(2)20(16(8-12)29-30(26,27)28)21(3,4)10-18(25)23-14-5-6-15-17(9-14)31-19(11-22)24-15/h5-9H,10H2,1-4H3,(H,23,25)(H2,26,27,28). The number of hydrogen-bond donors (Lipinski definition) is 3. The number of aromatic nitrogens is 1. The van der Waals surface area contributed by atoms with Crippen LogP contribution in [0.2, 0.25) is 0 Å². The van der Waals surface area contributed by atoms with Crippen LogP contribution in [0.4, 0.5) is 5.69 Å². The maximum atomic E-state index is 12.8. The summed E-state index contributed by atoms with van der Waals surface area (Å²) in [5.41, 5.74) is 2.63. The zero-order valence-electron chi connectivity index (χ0n) is 17.5. The molecule has 0 aliphatic carbocycles. The quantitative estimate of drug-likeness (QED) is 0.460. The summed E-state index contributed by atoms with van der Waals surface area (Å²) in [6.45, 7) is 7.26. The van der Waals surface area contributed by atoms with Crippen molar-refractivity contribution >= 4 is 41.0 Å². The summed E-state index contributed by atoms with van der Waals surface area (Å²) in [4.78, 5) is 35.6. The van der Waals surface area contributed by atoms with Gasteiger partial charge in [0.2, 0.25) is 5.91 Å². The lowest BCUT2D eigenvalue weighted by Gasteiger charge is -2.29. The molecule has 0 unspecified atom stereocenters. The maximum absolute atomic E-state index is 12.8. The second-order valence-electron chi connectivity index (χ2n) is 7.96. The van der Waals surface area contributed by atoms with E-state index in [1.165, 1.54) is 11.3 Å². The van der Waals surface area contributed by atoms with Crippen LogP contribution in [0.25, 0.3) is 10.2 Å². The molecule has 31 heavy (non-hydrogen) atoms. The SMILES string of the molecule is Cc1cc(C)c(C(C)(C)CC(=O)Nc2ccc3nc(C#N)sc3c2)c(OP(=O)(O)O)c1. The van der Waals surface area contributed by atoms with Gasteiger partial charge >= 0.3 is 7.82 Å². The highest BCUT2D eigenvalue weighted by Gasteiger charge is 2.32. The number of carbonyl (C=O) groups excluding carboxylic acids is 1. The van der Waals surface area contributed by atoms with E-state index in [0.717, 1.165) is 15.8 Å². The molecule has 0 saturated carbocycles. The third kappa shape index (κ3) is 5.49. The van der Waals surface area contributed by atoms with E-state index in [4.69, 9.17) is 9.79 Å². The smallest absolute Gasteiger partial charge is 0.404 e. The molecule has 0 spiro atoms. The molecule has 1 amide bonds. The number of aryl methyl sites for hydroxylation is 2. The fourth-order valence-electron chi connectivity index (χ4n) is 3.74. The lowest BCUT2D eigenvalue weighted by Crippen LogP contribution is -2.27. The number of amides is 1. The Kier molecular flexibility index (Phi) is 6.21. The predicted octanol–water partition coefficient (Wildman–Crippen LogP) is 4.56. The van der Waals surface area contributed by atoms with Gasteiger partial charge in [-0.25, -0.2) is 9.55 Å². The number of fused-ring (bicyclic) bond motifs is 1. The van der Waals surface area contributed by atoms with Crippen LogP contribution in [0.3, 0.4) is 0 Å². The van der Waals surface area contributed by atoms with Gasteiger partial charge in [0, 0.05) is 23.1 Å². The molecule has 8 nitrogen and oxygen atoms in total. The van der Waals surface area contributed by atoms with Gasteiger partial charge in [-0.1, -0.05) is 19.9 Å². The van der Waals surface area contributed by atoms with Crippen molar-refractivity contribution < 1.29 is 23.7 Å². The van der Waals surface area contributed by atoms with Crippen LogP contribution in [-0.2, 0) is 14.8 Å². The monoisotopic (exact) mass is 459 g/mol. The van der Waals surface area contributed by atoms with Gasteiger partial charge < -0.3 is 9.84 Å². The van der Waals surface area contributed by atoms with Gasteiger partial charge in [0.15, 0.2) is 5.01 Å².